The average Bonchev–Trinajstić information content (AvgIpc) is 2.17. The van der Waals surface area contributed by atoms with Gasteiger partial charge in [-0.2, -0.15) is 0 Å². The van der Waals surface area contributed by atoms with Crippen LogP contribution < -0.4 is 4.74 Å². The monoisotopic (exact) mass is 205 g/mol. The molecular formula is C12H15NO2. The maximum Gasteiger partial charge on any atom is 0.187 e. The number of benzene rings is 1. The summed E-state index contributed by atoms with van der Waals surface area (Å²) in [7, 11) is 3.80. The molecule has 2 rings (SSSR count). The lowest BCUT2D eigenvalue weighted by atomic mass is 9.96. The first-order valence-corrected chi connectivity index (χ1v) is 5.07. The van der Waals surface area contributed by atoms with E-state index in [9.17, 15) is 4.79 Å². The van der Waals surface area contributed by atoms with Crippen molar-refractivity contribution in [2.24, 2.45) is 0 Å². The molecular weight excluding hydrogens is 190 g/mol. The summed E-state index contributed by atoms with van der Waals surface area (Å²) in [5, 5.41) is 0. The highest BCUT2D eigenvalue weighted by Crippen LogP contribution is 2.28. The molecule has 0 bridgehead atoms. The van der Waals surface area contributed by atoms with Gasteiger partial charge in [-0.3, -0.25) is 9.69 Å². The van der Waals surface area contributed by atoms with Gasteiger partial charge < -0.3 is 4.74 Å². The number of para-hydroxylation sites is 1. The molecule has 0 saturated heterocycles. The molecule has 1 aromatic carbocycles. The number of ether oxygens (including phenoxy) is 1. The van der Waals surface area contributed by atoms with E-state index in [0.717, 1.165) is 0 Å². The van der Waals surface area contributed by atoms with Crippen molar-refractivity contribution in [3.63, 3.8) is 0 Å². The first-order chi connectivity index (χ1) is 7.11. The van der Waals surface area contributed by atoms with Gasteiger partial charge in [0.25, 0.3) is 0 Å². The van der Waals surface area contributed by atoms with Crippen LogP contribution in [0, 0.1) is 0 Å². The zero-order chi connectivity index (χ0) is 11.0. The summed E-state index contributed by atoms with van der Waals surface area (Å²) in [5.74, 6) is 0.849. The van der Waals surface area contributed by atoms with Gasteiger partial charge in [-0.1, -0.05) is 12.1 Å². The predicted octanol–water partition coefficient (Wildman–Crippen LogP) is 1.58. The summed E-state index contributed by atoms with van der Waals surface area (Å²) in [6.45, 7) is 1.93. The second-order valence-corrected chi connectivity index (χ2v) is 4.09. The van der Waals surface area contributed by atoms with Crippen molar-refractivity contribution < 1.29 is 9.53 Å². The lowest BCUT2D eigenvalue weighted by Crippen LogP contribution is -2.49. The zero-order valence-electron chi connectivity index (χ0n) is 9.23. The van der Waals surface area contributed by atoms with Crippen LogP contribution in [0.4, 0.5) is 0 Å². The SMILES string of the molecule is CC1Oc2ccccc2C(=O)C1N(C)C. The summed E-state index contributed by atoms with van der Waals surface area (Å²) >= 11 is 0. The molecule has 3 heteroatoms. The molecule has 0 fully saturated rings. The van der Waals surface area contributed by atoms with Gasteiger partial charge in [-0.25, -0.2) is 0 Å². The van der Waals surface area contributed by atoms with Crippen LogP contribution in [-0.2, 0) is 0 Å². The van der Waals surface area contributed by atoms with E-state index in [1.165, 1.54) is 0 Å². The smallest absolute Gasteiger partial charge is 0.187 e. The number of carbonyl (C=O) groups excluding carboxylic acids is 1. The number of fused-ring (bicyclic) bond motifs is 1. The normalized spacial score (nSPS) is 24.9. The molecule has 0 aliphatic carbocycles. The van der Waals surface area contributed by atoms with Crippen molar-refractivity contribution in [2.45, 2.75) is 19.1 Å². The number of rotatable bonds is 1. The summed E-state index contributed by atoms with van der Waals surface area (Å²) in [5.41, 5.74) is 0.689. The highest BCUT2D eigenvalue weighted by molar-refractivity contribution is 6.03. The van der Waals surface area contributed by atoms with Crippen molar-refractivity contribution in [3.8, 4) is 5.75 Å². The Labute approximate surface area is 89.7 Å². The first kappa shape index (κ1) is 10.2. The molecule has 3 nitrogen and oxygen atoms in total. The van der Waals surface area contributed by atoms with Crippen LogP contribution in [0.2, 0.25) is 0 Å². The highest BCUT2D eigenvalue weighted by atomic mass is 16.5. The van der Waals surface area contributed by atoms with Crippen LogP contribution >= 0.6 is 0 Å². The van der Waals surface area contributed by atoms with Crippen LogP contribution in [0.1, 0.15) is 17.3 Å². The Hall–Kier alpha value is -1.35. The Morgan fingerprint density at radius 2 is 1.93 bits per heavy atom. The fraction of sp³-hybridized carbons (Fsp3) is 0.417. The van der Waals surface area contributed by atoms with Crippen LogP contribution in [-0.4, -0.2) is 36.9 Å². The number of ketones is 1. The van der Waals surface area contributed by atoms with E-state index in [1.807, 2.05) is 50.2 Å². The zero-order valence-corrected chi connectivity index (χ0v) is 9.23. The quantitative estimate of drug-likeness (QED) is 0.697. The Balaban J connectivity index is 2.43. The van der Waals surface area contributed by atoms with Gasteiger partial charge in [0, 0.05) is 0 Å². The summed E-state index contributed by atoms with van der Waals surface area (Å²) in [6, 6.07) is 7.23. The number of carbonyl (C=O) groups is 1. The predicted molar refractivity (Wildman–Crippen MR) is 58.3 cm³/mol. The molecule has 0 saturated carbocycles. The topological polar surface area (TPSA) is 29.5 Å². The molecule has 80 valence electrons. The van der Waals surface area contributed by atoms with Gasteiger partial charge in [0.05, 0.1) is 5.56 Å². The van der Waals surface area contributed by atoms with Gasteiger partial charge >= 0.3 is 0 Å². The number of hydrogen-bond donors (Lipinski definition) is 0. The highest BCUT2D eigenvalue weighted by Gasteiger charge is 2.35. The summed E-state index contributed by atoms with van der Waals surface area (Å²) < 4.78 is 5.71. The van der Waals surface area contributed by atoms with Crippen molar-refractivity contribution in [3.05, 3.63) is 29.8 Å². The van der Waals surface area contributed by atoms with E-state index in [-0.39, 0.29) is 17.9 Å². The molecule has 1 aliphatic rings. The minimum atomic E-state index is -0.181. The van der Waals surface area contributed by atoms with Crippen LogP contribution in [0.3, 0.4) is 0 Å². The number of Topliss-reactive ketones (excluding diaryl/α,β-unsaturated/α-hetero) is 1. The Morgan fingerprint density at radius 3 is 2.60 bits per heavy atom. The van der Waals surface area contributed by atoms with E-state index in [1.54, 1.807) is 0 Å². The Morgan fingerprint density at radius 1 is 1.27 bits per heavy atom. The van der Waals surface area contributed by atoms with E-state index in [4.69, 9.17) is 4.74 Å². The molecule has 1 heterocycles. The van der Waals surface area contributed by atoms with E-state index < -0.39 is 0 Å². The second kappa shape index (κ2) is 3.66. The van der Waals surface area contributed by atoms with Crippen molar-refractivity contribution in [1.82, 2.24) is 4.90 Å². The Bertz CT molecular complexity index is 387. The molecule has 0 N–H and O–H groups in total. The molecule has 2 unspecified atom stereocenters. The molecule has 15 heavy (non-hydrogen) atoms. The van der Waals surface area contributed by atoms with E-state index >= 15 is 0 Å². The minimum Gasteiger partial charge on any atom is -0.488 e. The van der Waals surface area contributed by atoms with Gasteiger partial charge in [-0.15, -0.1) is 0 Å². The number of nitrogens with zero attached hydrogens (tertiary/aromatic N) is 1. The largest absolute Gasteiger partial charge is 0.488 e. The second-order valence-electron chi connectivity index (χ2n) is 4.09. The van der Waals surface area contributed by atoms with Crippen LogP contribution in [0.25, 0.3) is 0 Å². The van der Waals surface area contributed by atoms with Gasteiger partial charge in [0.2, 0.25) is 0 Å². The summed E-state index contributed by atoms with van der Waals surface area (Å²) in [6.07, 6.45) is -0.0950. The average molecular weight is 205 g/mol. The fourth-order valence-corrected chi connectivity index (χ4v) is 2.06. The molecule has 0 spiro atoms. The lowest BCUT2D eigenvalue weighted by Gasteiger charge is -2.34. The lowest BCUT2D eigenvalue weighted by molar-refractivity contribution is 0.0590. The molecule has 2 atom stereocenters. The first-order valence-electron chi connectivity index (χ1n) is 5.07. The van der Waals surface area contributed by atoms with Gasteiger partial charge in [0.15, 0.2) is 5.78 Å². The standard InChI is InChI=1S/C12H15NO2/c1-8-11(13(2)3)12(14)9-6-4-5-7-10(9)15-8/h4-8,11H,1-3H3. The van der Waals surface area contributed by atoms with Crippen LogP contribution in [0.5, 0.6) is 5.75 Å². The Kier molecular flexibility index (Phi) is 2.49. The molecule has 1 aromatic rings. The minimum absolute atomic E-state index is 0.0950. The molecule has 0 radical (unpaired) electrons. The maximum atomic E-state index is 12.1. The van der Waals surface area contributed by atoms with E-state index in [0.29, 0.717) is 11.3 Å². The fourth-order valence-electron chi connectivity index (χ4n) is 2.06. The number of likely N-dealkylation sites (N-methyl/N-ethyl adjacent to an activating group) is 1. The molecule has 1 aliphatic heterocycles. The third-order valence-corrected chi connectivity index (χ3v) is 2.73. The van der Waals surface area contributed by atoms with Crippen molar-refractivity contribution in [2.75, 3.05) is 14.1 Å². The van der Waals surface area contributed by atoms with E-state index in [2.05, 4.69) is 0 Å². The third kappa shape index (κ3) is 1.63. The maximum absolute atomic E-state index is 12.1. The van der Waals surface area contributed by atoms with Gasteiger partial charge in [-0.05, 0) is 33.2 Å². The third-order valence-electron chi connectivity index (χ3n) is 2.73. The number of hydrogen-bond acceptors (Lipinski definition) is 3. The molecule has 0 amide bonds. The van der Waals surface area contributed by atoms with Crippen molar-refractivity contribution in [1.29, 1.82) is 0 Å². The molecule has 0 aromatic heterocycles. The van der Waals surface area contributed by atoms with Crippen molar-refractivity contribution >= 4 is 5.78 Å². The van der Waals surface area contributed by atoms with Gasteiger partial charge in [0.1, 0.15) is 17.9 Å². The van der Waals surface area contributed by atoms with Crippen LogP contribution in [0.15, 0.2) is 24.3 Å². The summed E-state index contributed by atoms with van der Waals surface area (Å²) in [4.78, 5) is 14.1.